The predicted molar refractivity (Wildman–Crippen MR) is 75.6 cm³/mol. The number of para-hydroxylation sites is 1. The van der Waals surface area contributed by atoms with Gasteiger partial charge in [0.2, 0.25) is 5.91 Å². The molecule has 0 bridgehead atoms. The number of ether oxygens (including phenoxy) is 1. The predicted octanol–water partition coefficient (Wildman–Crippen LogP) is 1.03. The van der Waals surface area contributed by atoms with Gasteiger partial charge in [-0.25, -0.2) is 0 Å². The van der Waals surface area contributed by atoms with Crippen LogP contribution in [0, 0.1) is 13.8 Å². The summed E-state index contributed by atoms with van der Waals surface area (Å²) in [4.78, 5) is 25.1. The van der Waals surface area contributed by atoms with Gasteiger partial charge in [0.05, 0.1) is 6.54 Å². The summed E-state index contributed by atoms with van der Waals surface area (Å²) in [5.41, 5.74) is 2.01. The van der Waals surface area contributed by atoms with Crippen LogP contribution in [0.25, 0.3) is 0 Å². The Labute approximate surface area is 118 Å². The van der Waals surface area contributed by atoms with Crippen LogP contribution in [0.15, 0.2) is 18.2 Å². The van der Waals surface area contributed by atoms with E-state index in [1.165, 1.54) is 0 Å². The summed E-state index contributed by atoms with van der Waals surface area (Å²) in [6.45, 7) is 5.21. The molecule has 5 heteroatoms. The van der Waals surface area contributed by atoms with Crippen molar-refractivity contribution in [3.8, 4) is 5.75 Å². The maximum Gasteiger partial charge on any atom is 0.260 e. The summed E-state index contributed by atoms with van der Waals surface area (Å²) in [6.07, 6.45) is 0.779. The van der Waals surface area contributed by atoms with E-state index in [0.29, 0.717) is 13.1 Å². The van der Waals surface area contributed by atoms with Crippen LogP contribution in [0.5, 0.6) is 5.75 Å². The van der Waals surface area contributed by atoms with Crippen LogP contribution in [-0.2, 0) is 9.59 Å². The van der Waals surface area contributed by atoms with E-state index in [-0.39, 0.29) is 25.0 Å². The fourth-order valence-corrected chi connectivity index (χ4v) is 2.27. The molecule has 1 aliphatic rings. The Morgan fingerprint density at radius 1 is 1.35 bits per heavy atom. The lowest BCUT2D eigenvalue weighted by Crippen LogP contribution is -2.39. The summed E-state index contributed by atoms with van der Waals surface area (Å²) in [5.74, 6) is 0.493. The molecule has 1 fully saturated rings. The highest BCUT2D eigenvalue weighted by Gasteiger charge is 2.20. The Bertz CT molecular complexity index is 494. The molecule has 1 aromatic rings. The highest BCUT2D eigenvalue weighted by molar-refractivity contribution is 5.85. The van der Waals surface area contributed by atoms with Crippen LogP contribution in [0.1, 0.15) is 17.5 Å². The van der Waals surface area contributed by atoms with E-state index in [2.05, 4.69) is 5.32 Å². The third kappa shape index (κ3) is 3.50. The largest absolute Gasteiger partial charge is 0.483 e. The molecule has 0 radical (unpaired) electrons. The van der Waals surface area contributed by atoms with Crippen molar-refractivity contribution in [2.24, 2.45) is 0 Å². The summed E-state index contributed by atoms with van der Waals surface area (Å²) < 4.78 is 5.64. The highest BCUT2D eigenvalue weighted by atomic mass is 16.5. The normalized spacial score (nSPS) is 15.5. The van der Waals surface area contributed by atoms with E-state index >= 15 is 0 Å². The number of nitrogens with zero attached hydrogens (tertiary/aromatic N) is 1. The van der Waals surface area contributed by atoms with Crippen molar-refractivity contribution in [3.05, 3.63) is 29.3 Å². The first-order valence-corrected chi connectivity index (χ1v) is 6.81. The lowest BCUT2D eigenvalue weighted by Gasteiger charge is -2.20. The topological polar surface area (TPSA) is 58.6 Å². The number of benzene rings is 1. The van der Waals surface area contributed by atoms with Gasteiger partial charge in [0.25, 0.3) is 5.91 Å². The van der Waals surface area contributed by atoms with Gasteiger partial charge in [-0.05, 0) is 31.4 Å². The molecule has 0 atom stereocenters. The zero-order chi connectivity index (χ0) is 14.5. The number of rotatable bonds is 3. The molecule has 1 aliphatic heterocycles. The van der Waals surface area contributed by atoms with Crippen molar-refractivity contribution in [3.63, 3.8) is 0 Å². The Kier molecular flexibility index (Phi) is 4.61. The van der Waals surface area contributed by atoms with Crippen molar-refractivity contribution in [2.45, 2.75) is 20.3 Å². The number of aryl methyl sites for hydroxylation is 2. The second kappa shape index (κ2) is 6.41. The average molecular weight is 276 g/mol. The maximum atomic E-state index is 12.1. The average Bonchev–Trinajstić information content (AvgIpc) is 2.62. The van der Waals surface area contributed by atoms with Crippen LogP contribution < -0.4 is 10.1 Å². The van der Waals surface area contributed by atoms with Gasteiger partial charge in [0, 0.05) is 13.1 Å². The third-order valence-corrected chi connectivity index (χ3v) is 3.36. The summed E-state index contributed by atoms with van der Waals surface area (Å²) >= 11 is 0. The Hall–Kier alpha value is -2.04. The van der Waals surface area contributed by atoms with Crippen molar-refractivity contribution in [2.75, 3.05) is 26.2 Å². The van der Waals surface area contributed by atoms with E-state index in [1.807, 2.05) is 32.0 Å². The van der Waals surface area contributed by atoms with Gasteiger partial charge in [-0.3, -0.25) is 9.59 Å². The molecule has 0 unspecified atom stereocenters. The van der Waals surface area contributed by atoms with Crippen LogP contribution in [0.2, 0.25) is 0 Å². The summed E-state index contributed by atoms with van der Waals surface area (Å²) in [7, 11) is 0. The molecule has 0 spiro atoms. The van der Waals surface area contributed by atoms with Crippen molar-refractivity contribution < 1.29 is 14.3 Å². The molecule has 1 aromatic carbocycles. The van der Waals surface area contributed by atoms with Gasteiger partial charge in [0.1, 0.15) is 5.75 Å². The summed E-state index contributed by atoms with van der Waals surface area (Å²) in [5, 5.41) is 2.75. The fourth-order valence-electron chi connectivity index (χ4n) is 2.27. The van der Waals surface area contributed by atoms with E-state index in [9.17, 15) is 9.59 Å². The van der Waals surface area contributed by atoms with Gasteiger partial charge >= 0.3 is 0 Å². The lowest BCUT2D eigenvalue weighted by atomic mass is 10.1. The van der Waals surface area contributed by atoms with Crippen molar-refractivity contribution in [1.82, 2.24) is 10.2 Å². The second-order valence-corrected chi connectivity index (χ2v) is 5.03. The number of amides is 2. The van der Waals surface area contributed by atoms with E-state index in [0.717, 1.165) is 23.3 Å². The minimum atomic E-state index is -0.148. The Morgan fingerprint density at radius 2 is 2.05 bits per heavy atom. The Balaban J connectivity index is 1.96. The van der Waals surface area contributed by atoms with Crippen molar-refractivity contribution >= 4 is 11.8 Å². The number of carbonyl (C=O) groups is 2. The Morgan fingerprint density at radius 3 is 2.75 bits per heavy atom. The molecular formula is C15H20N2O3. The number of nitrogens with one attached hydrogen (secondary N) is 1. The molecule has 0 saturated carbocycles. The quantitative estimate of drug-likeness (QED) is 0.897. The first-order chi connectivity index (χ1) is 9.58. The van der Waals surface area contributed by atoms with E-state index in [1.54, 1.807) is 4.90 Å². The van der Waals surface area contributed by atoms with Crippen LogP contribution >= 0.6 is 0 Å². The van der Waals surface area contributed by atoms with Gasteiger partial charge in [-0.2, -0.15) is 0 Å². The third-order valence-electron chi connectivity index (χ3n) is 3.36. The smallest absolute Gasteiger partial charge is 0.260 e. The van der Waals surface area contributed by atoms with Gasteiger partial charge in [0.15, 0.2) is 6.61 Å². The van der Waals surface area contributed by atoms with Gasteiger partial charge in [-0.1, -0.05) is 18.2 Å². The maximum absolute atomic E-state index is 12.1. The lowest BCUT2D eigenvalue weighted by molar-refractivity contribution is -0.136. The molecule has 2 rings (SSSR count). The van der Waals surface area contributed by atoms with Crippen molar-refractivity contribution in [1.29, 1.82) is 0 Å². The van der Waals surface area contributed by atoms with E-state index in [4.69, 9.17) is 4.74 Å². The zero-order valence-corrected chi connectivity index (χ0v) is 11.9. The molecule has 1 saturated heterocycles. The fraction of sp³-hybridized carbons (Fsp3) is 0.467. The molecule has 1 N–H and O–H groups in total. The van der Waals surface area contributed by atoms with Crippen LogP contribution in [-0.4, -0.2) is 43.0 Å². The molecular weight excluding hydrogens is 256 g/mol. The second-order valence-electron chi connectivity index (χ2n) is 5.03. The number of carbonyl (C=O) groups excluding carboxylic acids is 2. The molecule has 1 heterocycles. The summed E-state index contributed by atoms with van der Waals surface area (Å²) in [6, 6.07) is 5.86. The van der Waals surface area contributed by atoms with E-state index < -0.39 is 0 Å². The first kappa shape index (κ1) is 14.4. The van der Waals surface area contributed by atoms with Gasteiger partial charge in [-0.15, -0.1) is 0 Å². The molecule has 20 heavy (non-hydrogen) atoms. The number of hydrogen-bond acceptors (Lipinski definition) is 3. The number of hydrogen-bond donors (Lipinski definition) is 1. The SMILES string of the molecule is Cc1cccc(C)c1OCC(=O)N1CCCNC(=O)C1. The molecule has 0 aliphatic carbocycles. The zero-order valence-electron chi connectivity index (χ0n) is 11.9. The standard InChI is InChI=1S/C15H20N2O3/c1-11-5-3-6-12(2)15(11)20-10-14(19)17-8-4-7-16-13(18)9-17/h3,5-6H,4,7-10H2,1-2H3,(H,16,18). The molecule has 0 aromatic heterocycles. The molecule has 108 valence electrons. The molecule has 2 amide bonds. The first-order valence-electron chi connectivity index (χ1n) is 6.81. The molecule has 5 nitrogen and oxygen atoms in total. The minimum absolute atomic E-state index is 0.0288. The monoisotopic (exact) mass is 276 g/mol. The van der Waals surface area contributed by atoms with Gasteiger partial charge < -0.3 is 15.0 Å². The van der Waals surface area contributed by atoms with Crippen LogP contribution in [0.3, 0.4) is 0 Å². The van der Waals surface area contributed by atoms with Crippen LogP contribution in [0.4, 0.5) is 0 Å². The minimum Gasteiger partial charge on any atom is -0.483 e. The highest BCUT2D eigenvalue weighted by Crippen LogP contribution is 2.22.